The Labute approximate surface area is 118 Å². The molecule has 1 aromatic rings. The lowest BCUT2D eigenvalue weighted by atomic mass is 10.2. The smallest absolute Gasteiger partial charge is 0.234 e. The summed E-state index contributed by atoms with van der Waals surface area (Å²) in [5.41, 5.74) is 1.20. The molecule has 3 nitrogen and oxygen atoms in total. The Morgan fingerprint density at radius 3 is 2.78 bits per heavy atom. The molecule has 18 heavy (non-hydrogen) atoms. The highest BCUT2D eigenvalue weighted by atomic mass is 79.9. The van der Waals surface area contributed by atoms with Crippen molar-refractivity contribution in [2.45, 2.75) is 20.4 Å². The van der Waals surface area contributed by atoms with Crippen molar-refractivity contribution in [1.29, 1.82) is 0 Å². The van der Waals surface area contributed by atoms with E-state index in [0.717, 1.165) is 17.6 Å². The molecule has 0 saturated heterocycles. The zero-order chi connectivity index (χ0) is 13.5. The van der Waals surface area contributed by atoms with Crippen molar-refractivity contribution in [2.24, 2.45) is 5.92 Å². The maximum Gasteiger partial charge on any atom is 0.234 e. The van der Waals surface area contributed by atoms with E-state index in [1.807, 2.05) is 24.1 Å². The molecule has 0 fully saturated rings. The van der Waals surface area contributed by atoms with Gasteiger partial charge in [-0.05, 0) is 30.7 Å². The van der Waals surface area contributed by atoms with Gasteiger partial charge in [-0.15, -0.1) is 0 Å². The summed E-state index contributed by atoms with van der Waals surface area (Å²) in [7, 11) is 1.95. The standard InChI is InChI=1S/C14H21BrN2O/c1-11(2)8-16-14(18)10-17(3)9-12-5-4-6-13(15)7-12/h4-7,11H,8-10H2,1-3H3,(H,16,18). The summed E-state index contributed by atoms with van der Waals surface area (Å²) in [5.74, 6) is 0.575. The fourth-order valence-corrected chi connectivity index (χ4v) is 2.07. The topological polar surface area (TPSA) is 32.3 Å². The van der Waals surface area contributed by atoms with Crippen molar-refractivity contribution >= 4 is 21.8 Å². The summed E-state index contributed by atoms with van der Waals surface area (Å²) < 4.78 is 1.07. The predicted molar refractivity (Wildman–Crippen MR) is 78.3 cm³/mol. The number of hydrogen-bond acceptors (Lipinski definition) is 2. The van der Waals surface area contributed by atoms with Crippen LogP contribution in [0.3, 0.4) is 0 Å². The Bertz CT molecular complexity index is 393. The molecular formula is C14H21BrN2O. The maximum atomic E-state index is 11.7. The van der Waals surface area contributed by atoms with Gasteiger partial charge in [0.2, 0.25) is 5.91 Å². The molecule has 0 spiro atoms. The van der Waals surface area contributed by atoms with Crippen molar-refractivity contribution in [2.75, 3.05) is 20.1 Å². The minimum absolute atomic E-state index is 0.0844. The van der Waals surface area contributed by atoms with Crippen LogP contribution in [0.1, 0.15) is 19.4 Å². The minimum Gasteiger partial charge on any atom is -0.355 e. The van der Waals surface area contributed by atoms with E-state index in [2.05, 4.69) is 47.2 Å². The molecule has 1 N–H and O–H groups in total. The number of hydrogen-bond donors (Lipinski definition) is 1. The van der Waals surface area contributed by atoms with E-state index >= 15 is 0 Å². The number of amides is 1. The van der Waals surface area contributed by atoms with Crippen LogP contribution in [-0.4, -0.2) is 30.9 Å². The fourth-order valence-electron chi connectivity index (χ4n) is 1.62. The lowest BCUT2D eigenvalue weighted by Gasteiger charge is -2.17. The molecule has 1 aromatic carbocycles. The number of likely N-dealkylation sites (N-methyl/N-ethyl adjacent to an activating group) is 1. The summed E-state index contributed by atoms with van der Waals surface area (Å²) >= 11 is 3.45. The maximum absolute atomic E-state index is 11.7. The Morgan fingerprint density at radius 2 is 2.17 bits per heavy atom. The molecule has 0 bridgehead atoms. The van der Waals surface area contributed by atoms with Crippen molar-refractivity contribution in [1.82, 2.24) is 10.2 Å². The molecule has 0 aliphatic rings. The molecule has 0 aliphatic heterocycles. The van der Waals surface area contributed by atoms with Crippen LogP contribution >= 0.6 is 15.9 Å². The monoisotopic (exact) mass is 312 g/mol. The van der Waals surface area contributed by atoms with E-state index < -0.39 is 0 Å². The number of carbonyl (C=O) groups is 1. The lowest BCUT2D eigenvalue weighted by molar-refractivity contribution is -0.122. The highest BCUT2D eigenvalue weighted by Crippen LogP contribution is 2.12. The van der Waals surface area contributed by atoms with Gasteiger partial charge in [0.1, 0.15) is 0 Å². The van der Waals surface area contributed by atoms with Gasteiger partial charge >= 0.3 is 0 Å². The minimum atomic E-state index is 0.0844. The van der Waals surface area contributed by atoms with Crippen LogP contribution in [0.5, 0.6) is 0 Å². The van der Waals surface area contributed by atoms with Crippen molar-refractivity contribution in [3.05, 3.63) is 34.3 Å². The average Bonchev–Trinajstić information content (AvgIpc) is 2.26. The van der Waals surface area contributed by atoms with E-state index in [-0.39, 0.29) is 5.91 Å². The summed E-state index contributed by atoms with van der Waals surface area (Å²) in [5, 5.41) is 2.92. The van der Waals surface area contributed by atoms with E-state index in [1.165, 1.54) is 5.56 Å². The number of carbonyl (C=O) groups excluding carboxylic acids is 1. The molecule has 0 radical (unpaired) electrons. The molecule has 0 aromatic heterocycles. The highest BCUT2D eigenvalue weighted by Gasteiger charge is 2.07. The van der Waals surface area contributed by atoms with Crippen molar-refractivity contribution < 1.29 is 4.79 Å². The van der Waals surface area contributed by atoms with Crippen LogP contribution in [0.15, 0.2) is 28.7 Å². The summed E-state index contributed by atoms with van der Waals surface area (Å²) in [6.07, 6.45) is 0. The van der Waals surface area contributed by atoms with Gasteiger partial charge < -0.3 is 5.32 Å². The van der Waals surface area contributed by atoms with E-state index in [1.54, 1.807) is 0 Å². The largest absolute Gasteiger partial charge is 0.355 e. The van der Waals surface area contributed by atoms with Gasteiger partial charge in [-0.1, -0.05) is 41.9 Å². The van der Waals surface area contributed by atoms with Crippen LogP contribution in [-0.2, 0) is 11.3 Å². The van der Waals surface area contributed by atoms with Gasteiger partial charge in [-0.2, -0.15) is 0 Å². The van der Waals surface area contributed by atoms with Gasteiger partial charge in [0.05, 0.1) is 6.54 Å². The van der Waals surface area contributed by atoms with Gasteiger partial charge in [0.25, 0.3) is 0 Å². The quantitative estimate of drug-likeness (QED) is 0.876. The summed E-state index contributed by atoms with van der Waals surface area (Å²) in [6.45, 7) is 6.12. The highest BCUT2D eigenvalue weighted by molar-refractivity contribution is 9.10. The van der Waals surface area contributed by atoms with Crippen LogP contribution < -0.4 is 5.32 Å². The number of halogens is 1. The normalized spacial score (nSPS) is 11.0. The molecule has 1 amide bonds. The van der Waals surface area contributed by atoms with E-state index in [9.17, 15) is 4.79 Å². The van der Waals surface area contributed by atoms with Crippen molar-refractivity contribution in [3.63, 3.8) is 0 Å². The molecule has 0 aliphatic carbocycles. The number of rotatable bonds is 6. The Kier molecular flexibility index (Phi) is 6.36. The van der Waals surface area contributed by atoms with Gasteiger partial charge in [0, 0.05) is 17.6 Å². The SMILES string of the molecule is CC(C)CNC(=O)CN(C)Cc1cccc(Br)c1. The molecule has 4 heteroatoms. The first-order valence-electron chi connectivity index (χ1n) is 6.17. The Hall–Kier alpha value is -0.870. The second kappa shape index (κ2) is 7.54. The fraction of sp³-hybridized carbons (Fsp3) is 0.500. The van der Waals surface area contributed by atoms with Crippen LogP contribution in [0.4, 0.5) is 0 Å². The second-order valence-corrected chi connectivity index (χ2v) is 5.92. The third-order valence-electron chi connectivity index (χ3n) is 2.46. The zero-order valence-corrected chi connectivity index (χ0v) is 12.8. The number of nitrogens with one attached hydrogen (secondary N) is 1. The van der Waals surface area contributed by atoms with Crippen LogP contribution in [0.2, 0.25) is 0 Å². The number of benzene rings is 1. The van der Waals surface area contributed by atoms with Crippen molar-refractivity contribution in [3.8, 4) is 0 Å². The van der Waals surface area contributed by atoms with Gasteiger partial charge in [-0.3, -0.25) is 9.69 Å². The van der Waals surface area contributed by atoms with Crippen LogP contribution in [0.25, 0.3) is 0 Å². The zero-order valence-electron chi connectivity index (χ0n) is 11.2. The van der Waals surface area contributed by atoms with Gasteiger partial charge in [0.15, 0.2) is 0 Å². The summed E-state index contributed by atoms with van der Waals surface area (Å²) in [4.78, 5) is 13.7. The third-order valence-corrected chi connectivity index (χ3v) is 2.96. The van der Waals surface area contributed by atoms with Gasteiger partial charge in [-0.25, -0.2) is 0 Å². The molecule has 1 rings (SSSR count). The molecule has 0 heterocycles. The molecular weight excluding hydrogens is 292 g/mol. The summed E-state index contributed by atoms with van der Waals surface area (Å²) in [6, 6.07) is 8.14. The molecule has 100 valence electrons. The first-order valence-corrected chi connectivity index (χ1v) is 6.96. The molecule has 0 atom stereocenters. The first-order chi connectivity index (χ1) is 8.47. The molecule has 0 saturated carbocycles. The predicted octanol–water partition coefficient (Wildman–Crippen LogP) is 2.65. The Balaban J connectivity index is 2.37. The molecule has 0 unspecified atom stereocenters. The second-order valence-electron chi connectivity index (χ2n) is 5.00. The van der Waals surface area contributed by atoms with Crippen LogP contribution in [0, 0.1) is 5.92 Å². The number of nitrogens with zero attached hydrogens (tertiary/aromatic N) is 1. The third kappa shape index (κ3) is 6.17. The average molecular weight is 313 g/mol. The van der Waals surface area contributed by atoms with E-state index in [0.29, 0.717) is 12.5 Å². The Morgan fingerprint density at radius 1 is 1.44 bits per heavy atom. The lowest BCUT2D eigenvalue weighted by Crippen LogP contribution is -2.36. The first kappa shape index (κ1) is 15.2. The van der Waals surface area contributed by atoms with E-state index in [4.69, 9.17) is 0 Å².